The second kappa shape index (κ2) is 9.30. The van der Waals surface area contributed by atoms with Gasteiger partial charge >= 0.3 is 5.69 Å². The van der Waals surface area contributed by atoms with Crippen LogP contribution >= 0.6 is 11.6 Å². The molecule has 3 heterocycles. The van der Waals surface area contributed by atoms with Crippen LogP contribution in [0.4, 0.5) is 0 Å². The number of fused-ring (bicyclic) bond motifs is 1. The smallest absolute Gasteiger partial charge is 0.332 e. The van der Waals surface area contributed by atoms with Gasteiger partial charge in [-0.1, -0.05) is 37.6 Å². The summed E-state index contributed by atoms with van der Waals surface area (Å²) in [5.41, 5.74) is 7.18. The number of nitrogens with zero attached hydrogens (tertiary/aromatic N) is 5. The number of nitrogens with two attached hydrogens (primary N) is 1. The molecular weight excluding hydrogens is 458 g/mol. The Balaban J connectivity index is 1.87. The molecule has 3 aromatic heterocycles. The summed E-state index contributed by atoms with van der Waals surface area (Å²) in [7, 11) is 0. The van der Waals surface area contributed by atoms with Crippen molar-refractivity contribution in [1.29, 1.82) is 0 Å². The van der Waals surface area contributed by atoms with E-state index in [9.17, 15) is 14.4 Å². The van der Waals surface area contributed by atoms with Crippen molar-refractivity contribution >= 4 is 28.7 Å². The lowest BCUT2D eigenvalue weighted by molar-refractivity contribution is -0.120. The van der Waals surface area contributed by atoms with Crippen molar-refractivity contribution in [2.45, 2.75) is 52.7 Å². The number of amides is 1. The Hall–Kier alpha value is -3.66. The molecule has 1 amide bonds. The van der Waals surface area contributed by atoms with Crippen LogP contribution in [0, 0.1) is 6.92 Å². The van der Waals surface area contributed by atoms with E-state index in [4.69, 9.17) is 17.3 Å². The lowest BCUT2D eigenvalue weighted by atomic mass is 10.1. The lowest BCUT2D eigenvalue weighted by Gasteiger charge is -2.16. The van der Waals surface area contributed by atoms with Crippen LogP contribution < -0.4 is 17.0 Å². The van der Waals surface area contributed by atoms with Crippen LogP contribution in [0.25, 0.3) is 22.7 Å². The lowest BCUT2D eigenvalue weighted by Crippen LogP contribution is -2.40. The third kappa shape index (κ3) is 4.05. The maximum Gasteiger partial charge on any atom is 0.332 e. The van der Waals surface area contributed by atoms with Crippen LogP contribution in [-0.4, -0.2) is 34.8 Å². The first kappa shape index (κ1) is 23.5. The van der Waals surface area contributed by atoms with E-state index in [-0.39, 0.29) is 16.9 Å². The summed E-state index contributed by atoms with van der Waals surface area (Å²) in [5, 5.41) is 5.12. The average Bonchev–Trinajstić information content (AvgIpc) is 3.40. The Morgan fingerprint density at radius 2 is 1.76 bits per heavy atom. The number of aromatic amines is 1. The van der Waals surface area contributed by atoms with Gasteiger partial charge in [-0.3, -0.25) is 23.4 Å². The molecule has 1 unspecified atom stereocenters. The van der Waals surface area contributed by atoms with Gasteiger partial charge < -0.3 is 10.7 Å². The average molecular weight is 484 g/mol. The molecule has 1 atom stereocenters. The number of nitrogens with one attached hydrogen (secondary N) is 1. The number of halogens is 1. The van der Waals surface area contributed by atoms with Crippen molar-refractivity contribution in [3.8, 4) is 11.5 Å². The quantitative estimate of drug-likeness (QED) is 0.397. The van der Waals surface area contributed by atoms with Crippen LogP contribution in [0.15, 0.2) is 39.9 Å². The molecule has 4 rings (SSSR count). The number of hydrogen-bond donors (Lipinski definition) is 2. The van der Waals surface area contributed by atoms with E-state index in [1.165, 1.54) is 13.8 Å². The van der Waals surface area contributed by atoms with Crippen molar-refractivity contribution in [2.24, 2.45) is 5.73 Å². The maximum atomic E-state index is 13.0. The zero-order chi connectivity index (χ0) is 24.6. The van der Waals surface area contributed by atoms with Gasteiger partial charge in [0.25, 0.3) is 5.56 Å². The summed E-state index contributed by atoms with van der Waals surface area (Å²) >= 11 is 5.98. The molecule has 4 aromatic rings. The highest BCUT2D eigenvalue weighted by Gasteiger charge is 2.25. The van der Waals surface area contributed by atoms with Gasteiger partial charge in [0.15, 0.2) is 17.5 Å². The second-order valence-electron chi connectivity index (χ2n) is 8.15. The van der Waals surface area contributed by atoms with E-state index in [1.807, 2.05) is 13.8 Å². The number of aromatic nitrogens is 6. The monoisotopic (exact) mass is 483 g/mol. The highest BCUT2D eigenvalue weighted by Crippen LogP contribution is 2.25. The molecule has 1 aromatic carbocycles. The van der Waals surface area contributed by atoms with Crippen molar-refractivity contribution in [2.75, 3.05) is 0 Å². The molecular formula is C23H26ClN7O3. The Labute approximate surface area is 200 Å². The van der Waals surface area contributed by atoms with E-state index in [0.29, 0.717) is 53.7 Å². The number of aryl methyl sites for hydroxylation is 2. The van der Waals surface area contributed by atoms with Gasteiger partial charge in [-0.05, 0) is 43.5 Å². The molecule has 34 heavy (non-hydrogen) atoms. The molecule has 0 aliphatic heterocycles. The first-order chi connectivity index (χ1) is 16.3. The van der Waals surface area contributed by atoms with Gasteiger partial charge in [0.05, 0.1) is 0 Å². The molecule has 3 N–H and O–H groups in total. The van der Waals surface area contributed by atoms with Crippen LogP contribution in [0.2, 0.25) is 5.02 Å². The summed E-state index contributed by atoms with van der Waals surface area (Å²) in [6, 6.07) is 7.70. The Bertz CT molecular complexity index is 1480. The molecule has 0 fully saturated rings. The minimum Gasteiger partial charge on any atom is -0.368 e. The number of imidazole rings is 1. The first-order valence-corrected chi connectivity index (χ1v) is 11.5. The fourth-order valence-corrected chi connectivity index (χ4v) is 4.20. The molecule has 0 saturated carbocycles. The minimum absolute atomic E-state index is 0.243. The molecule has 0 saturated heterocycles. The van der Waals surface area contributed by atoms with E-state index in [1.54, 1.807) is 37.3 Å². The van der Waals surface area contributed by atoms with Gasteiger partial charge in [-0.2, -0.15) is 5.10 Å². The van der Waals surface area contributed by atoms with Gasteiger partial charge in [-0.25, -0.2) is 9.78 Å². The van der Waals surface area contributed by atoms with Crippen LogP contribution in [0.1, 0.15) is 44.0 Å². The number of benzene rings is 1. The summed E-state index contributed by atoms with van der Waals surface area (Å²) in [6.07, 6.45) is 1.35. The summed E-state index contributed by atoms with van der Waals surface area (Å²) in [4.78, 5) is 45.9. The van der Waals surface area contributed by atoms with E-state index < -0.39 is 17.5 Å². The van der Waals surface area contributed by atoms with Gasteiger partial charge in [0.1, 0.15) is 11.2 Å². The topological polar surface area (TPSA) is 134 Å². The van der Waals surface area contributed by atoms with Crippen LogP contribution in [0.3, 0.4) is 0 Å². The molecule has 10 nitrogen and oxygen atoms in total. The number of carbonyl (C=O) groups excluding carboxylic acids is 1. The number of hydrogen-bond acceptors (Lipinski definition) is 5. The molecule has 0 bridgehead atoms. The zero-order valence-corrected chi connectivity index (χ0v) is 20.0. The Morgan fingerprint density at radius 1 is 1.12 bits per heavy atom. The number of rotatable bonds is 8. The third-order valence-electron chi connectivity index (χ3n) is 5.62. The van der Waals surface area contributed by atoms with Crippen molar-refractivity contribution in [1.82, 2.24) is 28.9 Å². The van der Waals surface area contributed by atoms with Gasteiger partial charge in [0.2, 0.25) is 5.91 Å². The van der Waals surface area contributed by atoms with E-state index in [0.717, 1.165) is 0 Å². The molecule has 0 spiro atoms. The number of primary amides is 1. The number of H-pyrrole nitrogens is 1. The van der Waals surface area contributed by atoms with Gasteiger partial charge in [-0.15, -0.1) is 0 Å². The number of carbonyl (C=O) groups is 1. The third-order valence-corrected chi connectivity index (χ3v) is 5.87. The highest BCUT2D eigenvalue weighted by atomic mass is 35.5. The zero-order valence-electron chi connectivity index (χ0n) is 19.2. The fourth-order valence-electron chi connectivity index (χ4n) is 4.07. The van der Waals surface area contributed by atoms with E-state index >= 15 is 0 Å². The van der Waals surface area contributed by atoms with Crippen molar-refractivity contribution in [3.63, 3.8) is 0 Å². The van der Waals surface area contributed by atoms with Crippen LogP contribution in [-0.2, 0) is 17.9 Å². The standard InChI is InChI=1S/C23H26ClN7O3/c1-4-10-29-21-17(22(33)30(11-5-2)23(29)34)26-20(27-21)16-12-13(3)31(28-16)18(19(25)32)14-6-8-15(24)9-7-14/h6-9,12,18H,4-5,10-11H2,1-3H3,(H2,25,32)(H,26,27). The Morgan fingerprint density at radius 3 is 2.38 bits per heavy atom. The second-order valence-corrected chi connectivity index (χ2v) is 8.58. The molecule has 0 aliphatic rings. The van der Waals surface area contributed by atoms with Crippen molar-refractivity contribution in [3.05, 3.63) is 67.4 Å². The summed E-state index contributed by atoms with van der Waals surface area (Å²) < 4.78 is 4.26. The molecule has 0 radical (unpaired) electrons. The molecule has 178 valence electrons. The van der Waals surface area contributed by atoms with Crippen molar-refractivity contribution < 1.29 is 4.79 Å². The maximum absolute atomic E-state index is 13.0. The SMILES string of the molecule is CCCn1c(=O)c2[nH]c(-c3cc(C)n(C(C(N)=O)c4ccc(Cl)cc4)n3)nc2n(CCC)c1=O. The first-order valence-electron chi connectivity index (χ1n) is 11.1. The highest BCUT2D eigenvalue weighted by molar-refractivity contribution is 6.30. The normalized spacial score (nSPS) is 12.4. The summed E-state index contributed by atoms with van der Waals surface area (Å²) in [5.74, 6) is -0.254. The van der Waals surface area contributed by atoms with Crippen LogP contribution in [0.5, 0.6) is 0 Å². The Kier molecular flexibility index (Phi) is 6.43. The fraction of sp³-hybridized carbons (Fsp3) is 0.348. The van der Waals surface area contributed by atoms with Gasteiger partial charge in [0, 0.05) is 23.8 Å². The predicted molar refractivity (Wildman–Crippen MR) is 130 cm³/mol. The largest absolute Gasteiger partial charge is 0.368 e. The molecule has 11 heteroatoms. The summed E-state index contributed by atoms with van der Waals surface area (Å²) in [6.45, 7) is 6.40. The van der Waals surface area contributed by atoms with E-state index in [2.05, 4.69) is 15.1 Å². The minimum atomic E-state index is -0.851. The predicted octanol–water partition coefficient (Wildman–Crippen LogP) is 2.61. The molecule has 0 aliphatic carbocycles.